The molecule has 3 aromatic rings. The molecule has 3 aromatic carbocycles. The lowest BCUT2D eigenvalue weighted by molar-refractivity contribution is 0.130. The van der Waals surface area contributed by atoms with E-state index in [1.807, 2.05) is 91.9 Å². The SMILES string of the molecule is C[C@H]1[C@@H](c2ccccc2)OC(=O)N1Cc1ccc(OCc2ccccc2)cc1. The highest BCUT2D eigenvalue weighted by atomic mass is 16.6. The van der Waals surface area contributed by atoms with Crippen molar-refractivity contribution in [3.8, 4) is 5.75 Å². The number of carbonyl (C=O) groups excluding carboxylic acids is 1. The van der Waals surface area contributed by atoms with E-state index in [4.69, 9.17) is 9.47 Å². The molecule has 0 spiro atoms. The lowest BCUT2D eigenvalue weighted by Gasteiger charge is -2.21. The molecule has 1 aliphatic rings. The second-order valence-corrected chi connectivity index (χ2v) is 7.00. The van der Waals surface area contributed by atoms with Crippen LogP contribution in [0.1, 0.15) is 29.7 Å². The van der Waals surface area contributed by atoms with E-state index in [0.29, 0.717) is 13.2 Å². The molecule has 1 aliphatic heterocycles. The maximum Gasteiger partial charge on any atom is 0.411 e. The number of amides is 1. The molecule has 0 bridgehead atoms. The van der Waals surface area contributed by atoms with Gasteiger partial charge in [0.05, 0.1) is 6.04 Å². The van der Waals surface area contributed by atoms with Crippen molar-refractivity contribution in [2.45, 2.75) is 32.2 Å². The normalized spacial score (nSPS) is 18.8. The van der Waals surface area contributed by atoms with Gasteiger partial charge >= 0.3 is 6.09 Å². The van der Waals surface area contributed by atoms with E-state index < -0.39 is 0 Å². The van der Waals surface area contributed by atoms with Gasteiger partial charge in [-0.15, -0.1) is 0 Å². The van der Waals surface area contributed by atoms with Crippen LogP contribution in [-0.4, -0.2) is 17.0 Å². The molecule has 4 rings (SSSR count). The van der Waals surface area contributed by atoms with Gasteiger partial charge < -0.3 is 9.47 Å². The summed E-state index contributed by atoms with van der Waals surface area (Å²) in [6.45, 7) is 3.08. The molecular weight excluding hydrogens is 350 g/mol. The second kappa shape index (κ2) is 8.17. The average Bonchev–Trinajstić information content (AvgIpc) is 3.03. The largest absolute Gasteiger partial charge is 0.489 e. The summed E-state index contributed by atoms with van der Waals surface area (Å²) in [7, 11) is 0. The summed E-state index contributed by atoms with van der Waals surface area (Å²) in [5, 5.41) is 0. The summed E-state index contributed by atoms with van der Waals surface area (Å²) in [6.07, 6.45) is -0.507. The Morgan fingerprint density at radius 3 is 2.18 bits per heavy atom. The summed E-state index contributed by atoms with van der Waals surface area (Å²) < 4.78 is 11.4. The van der Waals surface area contributed by atoms with Crippen LogP contribution in [0.2, 0.25) is 0 Å². The first-order valence-corrected chi connectivity index (χ1v) is 9.48. The fourth-order valence-electron chi connectivity index (χ4n) is 3.43. The number of cyclic esters (lactones) is 1. The molecule has 28 heavy (non-hydrogen) atoms. The summed E-state index contributed by atoms with van der Waals surface area (Å²) in [4.78, 5) is 14.2. The van der Waals surface area contributed by atoms with Crippen molar-refractivity contribution in [2.75, 3.05) is 0 Å². The maximum absolute atomic E-state index is 12.4. The molecular formula is C24H23NO3. The van der Waals surface area contributed by atoms with Gasteiger partial charge in [-0.1, -0.05) is 72.8 Å². The van der Waals surface area contributed by atoms with Crippen LogP contribution in [0, 0.1) is 0 Å². The summed E-state index contributed by atoms with van der Waals surface area (Å²) >= 11 is 0. The minimum Gasteiger partial charge on any atom is -0.489 e. The lowest BCUT2D eigenvalue weighted by Crippen LogP contribution is -2.31. The third kappa shape index (κ3) is 4.01. The van der Waals surface area contributed by atoms with Crippen LogP contribution in [0.25, 0.3) is 0 Å². The highest BCUT2D eigenvalue weighted by Gasteiger charge is 2.39. The molecule has 4 nitrogen and oxygen atoms in total. The smallest absolute Gasteiger partial charge is 0.411 e. The van der Waals surface area contributed by atoms with E-state index in [9.17, 15) is 4.79 Å². The second-order valence-electron chi connectivity index (χ2n) is 7.00. The summed E-state index contributed by atoms with van der Waals surface area (Å²) in [5.74, 6) is 0.812. The zero-order valence-corrected chi connectivity index (χ0v) is 15.8. The van der Waals surface area contributed by atoms with Gasteiger partial charge in [0.25, 0.3) is 0 Å². The number of hydrogen-bond acceptors (Lipinski definition) is 3. The third-order valence-electron chi connectivity index (χ3n) is 5.04. The van der Waals surface area contributed by atoms with E-state index in [-0.39, 0.29) is 18.2 Å². The first-order chi connectivity index (χ1) is 13.7. The molecule has 0 aliphatic carbocycles. The zero-order valence-electron chi connectivity index (χ0n) is 15.8. The molecule has 142 valence electrons. The molecule has 2 atom stereocenters. The van der Waals surface area contributed by atoms with Gasteiger partial charge in [-0.05, 0) is 35.7 Å². The Labute approximate surface area is 165 Å². The van der Waals surface area contributed by atoms with E-state index in [1.54, 1.807) is 4.90 Å². The van der Waals surface area contributed by atoms with Gasteiger partial charge in [-0.25, -0.2) is 4.79 Å². The van der Waals surface area contributed by atoms with Crippen molar-refractivity contribution >= 4 is 6.09 Å². The van der Waals surface area contributed by atoms with Crippen molar-refractivity contribution in [1.29, 1.82) is 0 Å². The number of nitrogens with zero attached hydrogens (tertiary/aromatic N) is 1. The minimum absolute atomic E-state index is 0.0242. The molecule has 0 radical (unpaired) electrons. The number of rotatable bonds is 6. The zero-order chi connectivity index (χ0) is 19.3. The number of benzene rings is 3. The van der Waals surface area contributed by atoms with Crippen molar-refractivity contribution in [1.82, 2.24) is 4.90 Å². The van der Waals surface area contributed by atoms with Crippen LogP contribution in [0.15, 0.2) is 84.9 Å². The fraction of sp³-hybridized carbons (Fsp3) is 0.208. The molecule has 0 aromatic heterocycles. The molecule has 0 saturated carbocycles. The van der Waals surface area contributed by atoms with Crippen molar-refractivity contribution in [3.05, 3.63) is 102 Å². The maximum atomic E-state index is 12.4. The lowest BCUT2D eigenvalue weighted by atomic mass is 10.0. The van der Waals surface area contributed by atoms with Gasteiger partial charge in [0.1, 0.15) is 18.5 Å². The average molecular weight is 373 g/mol. The summed E-state index contributed by atoms with van der Waals surface area (Å²) in [5.41, 5.74) is 3.20. The Hall–Kier alpha value is -3.27. The van der Waals surface area contributed by atoms with E-state index in [1.165, 1.54) is 0 Å². The fourth-order valence-corrected chi connectivity index (χ4v) is 3.43. The molecule has 0 unspecified atom stereocenters. The van der Waals surface area contributed by atoms with E-state index >= 15 is 0 Å². The Kier molecular flexibility index (Phi) is 5.29. The number of hydrogen-bond donors (Lipinski definition) is 0. The van der Waals surface area contributed by atoms with Gasteiger partial charge in [0.15, 0.2) is 0 Å². The predicted octanol–water partition coefficient (Wildman–Crippen LogP) is 5.35. The Morgan fingerprint density at radius 1 is 0.857 bits per heavy atom. The van der Waals surface area contributed by atoms with Gasteiger partial charge in [0.2, 0.25) is 0 Å². The van der Waals surface area contributed by atoms with Gasteiger partial charge in [0, 0.05) is 6.54 Å². The molecule has 0 N–H and O–H groups in total. The molecule has 1 saturated heterocycles. The van der Waals surface area contributed by atoms with E-state index in [0.717, 1.165) is 22.4 Å². The van der Waals surface area contributed by atoms with Crippen LogP contribution in [0.5, 0.6) is 5.75 Å². The first kappa shape index (κ1) is 18.1. The highest BCUT2D eigenvalue weighted by Crippen LogP contribution is 2.33. The van der Waals surface area contributed by atoms with E-state index in [2.05, 4.69) is 0 Å². The third-order valence-corrected chi connectivity index (χ3v) is 5.04. The van der Waals surface area contributed by atoms with Crippen LogP contribution in [-0.2, 0) is 17.9 Å². The first-order valence-electron chi connectivity index (χ1n) is 9.48. The minimum atomic E-state index is -0.272. The molecule has 1 heterocycles. The quantitative estimate of drug-likeness (QED) is 0.585. The van der Waals surface area contributed by atoms with Crippen molar-refractivity contribution in [3.63, 3.8) is 0 Å². The van der Waals surface area contributed by atoms with Crippen LogP contribution in [0.3, 0.4) is 0 Å². The number of ether oxygens (including phenoxy) is 2. The van der Waals surface area contributed by atoms with Crippen LogP contribution in [0.4, 0.5) is 4.79 Å². The summed E-state index contributed by atoms with van der Waals surface area (Å²) in [6, 6.07) is 27.8. The molecule has 1 fully saturated rings. The highest BCUT2D eigenvalue weighted by molar-refractivity contribution is 5.71. The van der Waals surface area contributed by atoms with Crippen LogP contribution >= 0.6 is 0 Å². The topological polar surface area (TPSA) is 38.8 Å². The van der Waals surface area contributed by atoms with Crippen LogP contribution < -0.4 is 4.74 Å². The standard InChI is InChI=1S/C24H23NO3/c1-18-23(21-10-6-3-7-11-21)28-24(26)25(18)16-19-12-14-22(15-13-19)27-17-20-8-4-2-5-9-20/h2-15,18,23H,16-17H2,1H3/t18-,23-/m0/s1. The van der Waals surface area contributed by atoms with Crippen molar-refractivity contribution < 1.29 is 14.3 Å². The Bertz CT molecular complexity index is 910. The Balaban J connectivity index is 1.38. The van der Waals surface area contributed by atoms with Crippen molar-refractivity contribution in [2.24, 2.45) is 0 Å². The number of carbonyl (C=O) groups is 1. The molecule has 4 heteroatoms. The Morgan fingerprint density at radius 2 is 1.50 bits per heavy atom. The van der Waals surface area contributed by atoms with Gasteiger partial charge in [-0.2, -0.15) is 0 Å². The molecule has 1 amide bonds. The monoisotopic (exact) mass is 373 g/mol. The van der Waals surface area contributed by atoms with Gasteiger partial charge in [-0.3, -0.25) is 4.90 Å². The predicted molar refractivity (Wildman–Crippen MR) is 108 cm³/mol.